The molecule has 0 radical (unpaired) electrons. The quantitative estimate of drug-likeness (QED) is 0.700. The third-order valence-corrected chi connectivity index (χ3v) is 3.24. The van der Waals surface area contributed by atoms with E-state index in [-0.39, 0.29) is 12.1 Å². The van der Waals surface area contributed by atoms with Crippen LogP contribution in [0.25, 0.3) is 0 Å². The number of aliphatic hydroxyl groups excluding tert-OH is 1. The van der Waals surface area contributed by atoms with Gasteiger partial charge in [-0.25, -0.2) is 4.79 Å². The molecule has 0 unspecified atom stereocenters. The zero-order valence-corrected chi connectivity index (χ0v) is 8.97. The average Bonchev–Trinajstić information content (AvgIpc) is 2.67. The maximum Gasteiger partial charge on any atom is 0.320 e. The normalized spacial score (nSPS) is 19.6. The van der Waals surface area contributed by atoms with Gasteiger partial charge in [0.05, 0.1) is 19.2 Å². The SMILES string of the molecule is O=C(N1Cc2ccccc2C1)N1CC(O)C1. The Bertz CT molecular complexity index is 402. The molecule has 2 aliphatic heterocycles. The Balaban J connectivity index is 1.69. The Kier molecular flexibility index (Phi) is 2.11. The Morgan fingerprint density at radius 1 is 1.12 bits per heavy atom. The van der Waals surface area contributed by atoms with E-state index >= 15 is 0 Å². The molecule has 4 heteroatoms. The average molecular weight is 218 g/mol. The highest BCUT2D eigenvalue weighted by atomic mass is 16.3. The summed E-state index contributed by atoms with van der Waals surface area (Å²) in [5, 5.41) is 9.17. The van der Waals surface area contributed by atoms with Crippen LogP contribution in [-0.2, 0) is 13.1 Å². The number of benzene rings is 1. The molecule has 84 valence electrons. The van der Waals surface area contributed by atoms with Gasteiger partial charge in [-0.2, -0.15) is 0 Å². The van der Waals surface area contributed by atoms with Crippen LogP contribution >= 0.6 is 0 Å². The van der Waals surface area contributed by atoms with Gasteiger partial charge in [0.1, 0.15) is 0 Å². The maximum absolute atomic E-state index is 12.0. The van der Waals surface area contributed by atoms with Gasteiger partial charge in [-0.05, 0) is 11.1 Å². The molecule has 1 aromatic rings. The summed E-state index contributed by atoms with van der Waals surface area (Å²) in [7, 11) is 0. The highest BCUT2D eigenvalue weighted by Gasteiger charge is 2.33. The van der Waals surface area contributed by atoms with Gasteiger partial charge in [0.25, 0.3) is 0 Å². The van der Waals surface area contributed by atoms with Crippen LogP contribution in [-0.4, -0.2) is 40.1 Å². The van der Waals surface area contributed by atoms with Crippen molar-refractivity contribution in [3.05, 3.63) is 35.4 Å². The van der Waals surface area contributed by atoms with Gasteiger partial charge in [0, 0.05) is 13.1 Å². The van der Waals surface area contributed by atoms with Crippen LogP contribution in [0.1, 0.15) is 11.1 Å². The summed E-state index contributed by atoms with van der Waals surface area (Å²) in [6.45, 7) is 2.35. The summed E-state index contributed by atoms with van der Waals surface area (Å²) in [6, 6.07) is 8.17. The first-order chi connectivity index (χ1) is 7.74. The van der Waals surface area contributed by atoms with Crippen molar-refractivity contribution in [2.45, 2.75) is 19.2 Å². The van der Waals surface area contributed by atoms with E-state index in [1.54, 1.807) is 4.90 Å². The number of urea groups is 1. The molecule has 0 aliphatic carbocycles. The van der Waals surface area contributed by atoms with Crippen molar-refractivity contribution in [2.24, 2.45) is 0 Å². The van der Waals surface area contributed by atoms with E-state index in [0.717, 1.165) is 0 Å². The van der Waals surface area contributed by atoms with Gasteiger partial charge in [-0.3, -0.25) is 0 Å². The summed E-state index contributed by atoms with van der Waals surface area (Å²) >= 11 is 0. The van der Waals surface area contributed by atoms with Crippen LogP contribution in [0.5, 0.6) is 0 Å². The number of fused-ring (bicyclic) bond motifs is 1. The fourth-order valence-corrected chi connectivity index (χ4v) is 2.28. The molecule has 2 aliphatic rings. The molecule has 1 saturated heterocycles. The molecule has 0 bridgehead atoms. The van der Waals surface area contributed by atoms with Gasteiger partial charge in [0.15, 0.2) is 0 Å². The molecule has 3 rings (SSSR count). The number of β-amino-alcohol motifs (C(OH)–C–C–N with tert-alkyl or cyclic N) is 1. The molecular formula is C12H14N2O2. The van der Waals surface area contributed by atoms with Crippen molar-refractivity contribution in [2.75, 3.05) is 13.1 Å². The standard InChI is InChI=1S/C12H14N2O2/c15-11-7-14(8-11)12(16)13-5-9-3-1-2-4-10(9)6-13/h1-4,11,15H,5-8H2. The Morgan fingerprint density at radius 2 is 1.69 bits per heavy atom. The number of rotatable bonds is 0. The number of carbonyl (C=O) groups excluding carboxylic acids is 1. The second-order valence-electron chi connectivity index (χ2n) is 4.47. The van der Waals surface area contributed by atoms with Gasteiger partial charge in [0.2, 0.25) is 0 Å². The topological polar surface area (TPSA) is 43.8 Å². The minimum absolute atomic E-state index is 0.0431. The molecule has 1 N–H and O–H groups in total. The van der Waals surface area contributed by atoms with E-state index in [9.17, 15) is 9.90 Å². The van der Waals surface area contributed by atoms with E-state index in [1.807, 2.05) is 17.0 Å². The largest absolute Gasteiger partial charge is 0.389 e. The van der Waals surface area contributed by atoms with Crippen molar-refractivity contribution in [1.29, 1.82) is 0 Å². The predicted molar refractivity (Wildman–Crippen MR) is 58.7 cm³/mol. The second kappa shape index (κ2) is 3.49. The van der Waals surface area contributed by atoms with Crippen LogP contribution in [0.3, 0.4) is 0 Å². The zero-order chi connectivity index (χ0) is 11.1. The van der Waals surface area contributed by atoms with Gasteiger partial charge >= 0.3 is 6.03 Å². The Morgan fingerprint density at radius 3 is 2.19 bits per heavy atom. The van der Waals surface area contributed by atoms with Gasteiger partial charge < -0.3 is 14.9 Å². The Hall–Kier alpha value is -1.55. The third kappa shape index (κ3) is 1.46. The number of hydrogen-bond acceptors (Lipinski definition) is 2. The summed E-state index contributed by atoms with van der Waals surface area (Å²) in [4.78, 5) is 15.5. The van der Waals surface area contributed by atoms with Crippen LogP contribution in [0.15, 0.2) is 24.3 Å². The van der Waals surface area contributed by atoms with Crippen molar-refractivity contribution >= 4 is 6.03 Å². The summed E-state index contributed by atoms with van der Waals surface area (Å²) < 4.78 is 0. The van der Waals surface area contributed by atoms with Crippen molar-refractivity contribution < 1.29 is 9.90 Å². The fourth-order valence-electron chi connectivity index (χ4n) is 2.28. The van der Waals surface area contributed by atoms with Gasteiger partial charge in [-0.1, -0.05) is 24.3 Å². The minimum Gasteiger partial charge on any atom is -0.389 e. The molecule has 0 atom stereocenters. The minimum atomic E-state index is -0.325. The highest BCUT2D eigenvalue weighted by Crippen LogP contribution is 2.24. The number of aliphatic hydroxyl groups is 1. The lowest BCUT2D eigenvalue weighted by atomic mass is 10.1. The lowest BCUT2D eigenvalue weighted by molar-refractivity contribution is 0.0146. The first-order valence-corrected chi connectivity index (χ1v) is 5.53. The van der Waals surface area contributed by atoms with Crippen LogP contribution in [0.2, 0.25) is 0 Å². The molecular weight excluding hydrogens is 204 g/mol. The van der Waals surface area contributed by atoms with E-state index in [0.29, 0.717) is 26.2 Å². The van der Waals surface area contributed by atoms with Crippen LogP contribution in [0.4, 0.5) is 4.79 Å². The monoisotopic (exact) mass is 218 g/mol. The number of nitrogens with zero attached hydrogens (tertiary/aromatic N) is 2. The van der Waals surface area contributed by atoms with E-state index in [4.69, 9.17) is 0 Å². The van der Waals surface area contributed by atoms with Crippen LogP contribution in [0, 0.1) is 0 Å². The third-order valence-electron chi connectivity index (χ3n) is 3.24. The number of amides is 2. The molecule has 2 heterocycles. The molecule has 1 fully saturated rings. The fraction of sp³-hybridized carbons (Fsp3) is 0.417. The van der Waals surface area contributed by atoms with Crippen molar-refractivity contribution in [3.8, 4) is 0 Å². The van der Waals surface area contributed by atoms with E-state index < -0.39 is 0 Å². The second-order valence-corrected chi connectivity index (χ2v) is 4.47. The van der Waals surface area contributed by atoms with Crippen LogP contribution < -0.4 is 0 Å². The van der Waals surface area contributed by atoms with Crippen molar-refractivity contribution in [1.82, 2.24) is 9.80 Å². The molecule has 0 saturated carbocycles. The smallest absolute Gasteiger partial charge is 0.320 e. The Labute approximate surface area is 94.1 Å². The molecule has 16 heavy (non-hydrogen) atoms. The number of carbonyl (C=O) groups is 1. The molecule has 0 spiro atoms. The first-order valence-electron chi connectivity index (χ1n) is 5.53. The summed E-state index contributed by atoms with van der Waals surface area (Å²) in [5.41, 5.74) is 2.47. The van der Waals surface area contributed by atoms with E-state index in [2.05, 4.69) is 12.1 Å². The molecule has 0 aromatic heterocycles. The number of likely N-dealkylation sites (tertiary alicyclic amines) is 1. The highest BCUT2D eigenvalue weighted by molar-refractivity contribution is 5.76. The maximum atomic E-state index is 12.0. The molecule has 1 aromatic carbocycles. The van der Waals surface area contributed by atoms with Crippen molar-refractivity contribution in [3.63, 3.8) is 0 Å². The van der Waals surface area contributed by atoms with Gasteiger partial charge in [-0.15, -0.1) is 0 Å². The predicted octanol–water partition coefficient (Wildman–Crippen LogP) is 0.799. The van der Waals surface area contributed by atoms with E-state index in [1.165, 1.54) is 11.1 Å². The zero-order valence-electron chi connectivity index (χ0n) is 8.97. The lowest BCUT2D eigenvalue weighted by Gasteiger charge is -2.38. The summed E-state index contributed by atoms with van der Waals surface area (Å²) in [6.07, 6.45) is -0.325. The first kappa shape index (κ1) is 9.66. The lowest BCUT2D eigenvalue weighted by Crippen LogP contribution is -2.56. The summed E-state index contributed by atoms with van der Waals surface area (Å²) in [5.74, 6) is 0. The molecule has 2 amide bonds. The number of hydrogen-bond donors (Lipinski definition) is 1. The molecule has 4 nitrogen and oxygen atoms in total.